The number of phosphoric acid groups is 3. The monoisotopic (exact) mass is 617 g/mol. The summed E-state index contributed by atoms with van der Waals surface area (Å²) in [6.45, 7) is -0.790. The number of anilines is 1. The molecule has 0 spiro atoms. The number of imidazole rings is 1. The molecule has 0 radical (unpaired) electrons. The molecule has 1 fully saturated rings. The van der Waals surface area contributed by atoms with Crippen LogP contribution in [0.5, 0.6) is 0 Å². The minimum atomic E-state index is -5.65. The molecule has 21 heteroatoms. The van der Waals surface area contributed by atoms with Crippen molar-refractivity contribution in [1.82, 2.24) is 19.5 Å². The Hall–Kier alpha value is -0.590. The maximum absolute atomic E-state index is 11.8. The topological polar surface area (TPSA) is 259 Å². The molecule has 0 aromatic carbocycles. The van der Waals surface area contributed by atoms with Crippen LogP contribution >= 0.6 is 46.1 Å². The summed E-state index contributed by atoms with van der Waals surface area (Å²) in [6.07, 6.45) is -2.01. The van der Waals surface area contributed by atoms with Gasteiger partial charge in [-0.3, -0.25) is 9.09 Å². The molecule has 3 heterocycles. The number of aliphatic hydroxyl groups is 1. The third kappa shape index (κ3) is 6.26. The Morgan fingerprint density at radius 3 is 2.52 bits per heavy atom. The van der Waals surface area contributed by atoms with Crippen molar-refractivity contribution < 1.29 is 56.3 Å². The Morgan fingerprint density at radius 2 is 1.87 bits per heavy atom. The van der Waals surface area contributed by atoms with Crippen LogP contribution in [0.2, 0.25) is 0 Å². The van der Waals surface area contributed by atoms with E-state index in [2.05, 4.69) is 28.1 Å². The third-order valence-electron chi connectivity index (χ3n) is 3.77. The van der Waals surface area contributed by atoms with Crippen LogP contribution in [-0.2, 0) is 31.6 Å². The minimum Gasteiger partial charge on any atom is -0.390 e. The lowest BCUT2D eigenvalue weighted by atomic mass is 10.2. The molecular weight excluding hydrogens is 602 g/mol. The Labute approximate surface area is 186 Å². The van der Waals surface area contributed by atoms with E-state index in [1.165, 1.54) is 10.9 Å². The van der Waals surface area contributed by atoms with Crippen LogP contribution in [0, 0.1) is 3.83 Å². The Morgan fingerprint density at radius 1 is 1.19 bits per heavy atom. The van der Waals surface area contributed by atoms with Crippen molar-refractivity contribution in [2.45, 2.75) is 24.9 Å². The third-order valence-corrected chi connectivity index (χ3v) is 8.34. The quantitative estimate of drug-likeness (QED) is 0.129. The molecule has 2 unspecified atom stereocenters. The number of nitrogen functional groups attached to an aromatic ring is 1. The number of rotatable bonds is 8. The number of aromatic nitrogens is 4. The summed E-state index contributed by atoms with van der Waals surface area (Å²) in [5, 5.41) is 10.2. The van der Waals surface area contributed by atoms with Crippen LogP contribution in [0.4, 0.5) is 5.82 Å². The van der Waals surface area contributed by atoms with E-state index in [1.807, 2.05) is 22.6 Å². The number of hydrogen-bond donors (Lipinski definition) is 6. The average molecular weight is 617 g/mol. The predicted molar refractivity (Wildman–Crippen MR) is 107 cm³/mol. The second-order valence-electron chi connectivity index (χ2n) is 6.00. The van der Waals surface area contributed by atoms with Gasteiger partial charge in [0.15, 0.2) is 20.8 Å². The summed E-state index contributed by atoms with van der Waals surface area (Å²) in [5.74, 6) is 0.129. The number of phosphoric ester groups is 1. The molecule has 1 saturated heterocycles. The summed E-state index contributed by atoms with van der Waals surface area (Å²) < 4.78 is 53.1. The van der Waals surface area contributed by atoms with E-state index in [9.17, 15) is 23.7 Å². The van der Waals surface area contributed by atoms with Gasteiger partial charge in [0.05, 0.1) is 12.7 Å². The second-order valence-corrected chi connectivity index (χ2v) is 11.4. The molecule has 174 valence electrons. The highest BCUT2D eigenvalue weighted by Gasteiger charge is 2.43. The van der Waals surface area contributed by atoms with Gasteiger partial charge in [0.1, 0.15) is 18.7 Å². The number of fused-ring (bicyclic) bond motifs is 1. The average Bonchev–Trinajstić information content (AvgIpc) is 3.09. The number of nitrogens with zero attached hydrogens (tertiary/aromatic N) is 4. The smallest absolute Gasteiger partial charge is 0.390 e. The molecule has 17 nitrogen and oxygen atoms in total. The SMILES string of the molecule is Nc1ncnc2c1nc(I)n2[C@H]1C[C@H](O)[C@@H](COP(=O)(O)OP(=O)(O)OP(=O)(O)O)O1. The van der Waals surface area contributed by atoms with Gasteiger partial charge in [-0.05, 0) is 0 Å². The second kappa shape index (κ2) is 8.98. The van der Waals surface area contributed by atoms with Crippen molar-refractivity contribution in [3.63, 3.8) is 0 Å². The van der Waals surface area contributed by atoms with Crippen LogP contribution in [0.3, 0.4) is 0 Å². The molecule has 0 aliphatic carbocycles. The van der Waals surface area contributed by atoms with Crippen LogP contribution in [-0.4, -0.2) is 63.0 Å². The van der Waals surface area contributed by atoms with Crippen molar-refractivity contribution in [3.8, 4) is 0 Å². The molecule has 2 aromatic rings. The minimum absolute atomic E-state index is 0.00417. The molecule has 1 aliphatic rings. The van der Waals surface area contributed by atoms with Gasteiger partial charge in [-0.15, -0.1) is 0 Å². The van der Waals surface area contributed by atoms with E-state index in [-0.39, 0.29) is 12.2 Å². The van der Waals surface area contributed by atoms with Crippen LogP contribution in [0.15, 0.2) is 6.33 Å². The Balaban J connectivity index is 1.68. The van der Waals surface area contributed by atoms with E-state index in [0.29, 0.717) is 15.0 Å². The Kier molecular flexibility index (Phi) is 7.25. The molecule has 5 atom stereocenters. The van der Waals surface area contributed by atoms with Gasteiger partial charge in [-0.1, -0.05) is 0 Å². The number of ether oxygens (including phenoxy) is 1. The summed E-state index contributed by atoms with van der Waals surface area (Å²) in [5.41, 5.74) is 6.39. The standard InChI is InChI=1S/C10H15IN5O12P3/c11-10-15-7-8(12)13-3-14-9(7)16(10)6-1-4(17)5(26-6)2-25-30(21,22)28-31(23,24)27-29(18,19)20/h3-6,17H,1-2H2,(H,21,22)(H,23,24)(H2,12,13,14)(H2,18,19,20)/t4-,5+,6+/m0/s1. The van der Waals surface area contributed by atoms with E-state index < -0.39 is 48.5 Å². The maximum Gasteiger partial charge on any atom is 0.490 e. The summed E-state index contributed by atoms with van der Waals surface area (Å²) >= 11 is 1.89. The molecule has 31 heavy (non-hydrogen) atoms. The molecule has 7 N–H and O–H groups in total. The lowest BCUT2D eigenvalue weighted by Gasteiger charge is -2.19. The van der Waals surface area contributed by atoms with Gasteiger partial charge >= 0.3 is 23.5 Å². The lowest BCUT2D eigenvalue weighted by molar-refractivity contribution is -0.0431. The van der Waals surface area contributed by atoms with Crippen LogP contribution < -0.4 is 5.73 Å². The highest BCUT2D eigenvalue weighted by molar-refractivity contribution is 14.1. The lowest BCUT2D eigenvalue weighted by Crippen LogP contribution is -2.26. The first-order valence-electron chi connectivity index (χ1n) is 7.93. The Bertz CT molecular complexity index is 1120. The molecule has 0 amide bonds. The van der Waals surface area contributed by atoms with Gasteiger partial charge in [0, 0.05) is 29.0 Å². The molecule has 1 aliphatic heterocycles. The van der Waals surface area contributed by atoms with Gasteiger partial charge in [0.25, 0.3) is 0 Å². The van der Waals surface area contributed by atoms with Gasteiger partial charge in [0.2, 0.25) is 0 Å². The fourth-order valence-corrected chi connectivity index (χ4v) is 6.46. The molecule has 2 aromatic heterocycles. The largest absolute Gasteiger partial charge is 0.490 e. The van der Waals surface area contributed by atoms with Crippen molar-refractivity contribution in [1.29, 1.82) is 0 Å². The zero-order valence-electron chi connectivity index (χ0n) is 14.9. The molecule has 0 saturated carbocycles. The normalized spacial score (nSPS) is 26.1. The number of aliphatic hydroxyl groups excluding tert-OH is 1. The van der Waals surface area contributed by atoms with E-state index in [0.717, 1.165) is 0 Å². The summed E-state index contributed by atoms with van der Waals surface area (Å²) in [4.78, 5) is 47.8. The van der Waals surface area contributed by atoms with Crippen molar-refractivity contribution in [2.24, 2.45) is 0 Å². The fourth-order valence-electron chi connectivity index (χ4n) is 2.65. The van der Waals surface area contributed by atoms with Gasteiger partial charge < -0.3 is 35.2 Å². The number of halogens is 1. The predicted octanol–water partition coefficient (Wildman–Crippen LogP) is 0.00480. The van der Waals surface area contributed by atoms with Crippen LogP contribution in [0.25, 0.3) is 11.2 Å². The summed E-state index contributed by atoms with van der Waals surface area (Å²) in [6, 6.07) is 0. The van der Waals surface area contributed by atoms with E-state index in [1.54, 1.807) is 0 Å². The maximum atomic E-state index is 11.8. The van der Waals surface area contributed by atoms with E-state index in [4.69, 9.17) is 25.2 Å². The van der Waals surface area contributed by atoms with Crippen molar-refractivity contribution in [3.05, 3.63) is 10.2 Å². The first-order chi connectivity index (χ1) is 14.2. The first kappa shape index (κ1) is 25.0. The molecule has 0 bridgehead atoms. The van der Waals surface area contributed by atoms with Crippen molar-refractivity contribution in [2.75, 3.05) is 12.3 Å². The van der Waals surface area contributed by atoms with Gasteiger partial charge in [-0.25, -0.2) is 28.6 Å². The summed E-state index contributed by atoms with van der Waals surface area (Å²) in [7, 11) is -16.5. The fraction of sp³-hybridized carbons (Fsp3) is 0.500. The molecule has 3 rings (SSSR count). The van der Waals surface area contributed by atoms with Gasteiger partial charge in [-0.2, -0.15) is 8.62 Å². The highest BCUT2D eigenvalue weighted by Crippen LogP contribution is 2.66. The zero-order valence-corrected chi connectivity index (χ0v) is 19.7. The van der Waals surface area contributed by atoms with Crippen LogP contribution in [0.1, 0.15) is 12.6 Å². The van der Waals surface area contributed by atoms with E-state index >= 15 is 0 Å². The zero-order chi connectivity index (χ0) is 23.2. The highest BCUT2D eigenvalue weighted by atomic mass is 127. The molecular formula is C10H15IN5O12P3. The van der Waals surface area contributed by atoms with Crippen molar-refractivity contribution >= 4 is 63.0 Å². The number of nitrogens with two attached hydrogens (primary N) is 1. The number of hydrogen-bond acceptors (Lipinski definition) is 12. The first-order valence-corrected chi connectivity index (χ1v) is 13.5.